The molecule has 1 amide bonds. The van der Waals surface area contributed by atoms with Crippen molar-refractivity contribution in [2.45, 2.75) is 13.8 Å². The van der Waals surface area contributed by atoms with Crippen molar-refractivity contribution in [2.24, 2.45) is 16.6 Å². The summed E-state index contributed by atoms with van der Waals surface area (Å²) in [5.74, 6) is -0.107. The van der Waals surface area contributed by atoms with E-state index in [4.69, 9.17) is 51.0 Å². The molecule has 13 heteroatoms. The molecule has 0 fully saturated rings. The highest BCUT2D eigenvalue weighted by molar-refractivity contribution is 6.32. The number of hydrogen-bond donors (Lipinski definition) is 5. The molecule has 0 unspecified atom stereocenters. The minimum Gasteiger partial charge on any atom is -0.508 e. The number of rotatable bonds is 7. The molecular weight excluding hydrogens is 725 g/mol. The summed E-state index contributed by atoms with van der Waals surface area (Å²) >= 11 is 18.6. The molecule has 0 bridgehead atoms. The summed E-state index contributed by atoms with van der Waals surface area (Å²) < 4.78 is 5.33. The Hall–Kier alpha value is -5.81. The lowest BCUT2D eigenvalue weighted by Crippen LogP contribution is -2.15. The van der Waals surface area contributed by atoms with Crippen molar-refractivity contribution in [3.63, 3.8) is 0 Å². The molecule has 6 aromatic rings. The first kappa shape index (κ1) is 37.4. The van der Waals surface area contributed by atoms with Gasteiger partial charge in [0.1, 0.15) is 11.5 Å². The number of nitrogens with zero attached hydrogens (tertiary/aromatic N) is 3. The Morgan fingerprint density at radius 3 is 1.67 bits per heavy atom. The number of aryl methyl sites for hydroxylation is 2. The molecule has 7 N–H and O–H groups in total. The van der Waals surface area contributed by atoms with E-state index in [0.29, 0.717) is 43.2 Å². The van der Waals surface area contributed by atoms with Crippen molar-refractivity contribution >= 4 is 46.5 Å². The van der Waals surface area contributed by atoms with Crippen LogP contribution in [0.1, 0.15) is 27.2 Å². The molecule has 264 valence electrons. The van der Waals surface area contributed by atoms with Crippen LogP contribution in [-0.4, -0.2) is 44.2 Å². The van der Waals surface area contributed by atoms with Gasteiger partial charge in [-0.15, -0.1) is 0 Å². The van der Waals surface area contributed by atoms with Gasteiger partial charge in [-0.25, -0.2) is 4.98 Å². The quantitative estimate of drug-likeness (QED) is 0.0464. The van der Waals surface area contributed by atoms with Gasteiger partial charge in [0, 0.05) is 61.5 Å². The number of pyridine rings is 2. The van der Waals surface area contributed by atoms with E-state index in [1.165, 1.54) is 31.5 Å². The number of phenolic OH excluding ortho intramolecular Hbond substituents is 2. The number of halogens is 3. The Morgan fingerprint density at radius 2 is 1.17 bits per heavy atom. The summed E-state index contributed by atoms with van der Waals surface area (Å²) in [5.41, 5.74) is 19.7. The smallest absolute Gasteiger partial charge is 0.249 e. The molecule has 2 heterocycles. The van der Waals surface area contributed by atoms with Crippen molar-refractivity contribution in [2.75, 3.05) is 7.11 Å². The number of aromatic hydroxyl groups is 2. The molecule has 6 rings (SSSR count). The predicted molar refractivity (Wildman–Crippen MR) is 206 cm³/mol. The van der Waals surface area contributed by atoms with Crippen LogP contribution >= 0.6 is 34.8 Å². The van der Waals surface area contributed by atoms with E-state index in [0.717, 1.165) is 39.1 Å². The molecule has 0 aliphatic heterocycles. The molecule has 10 nitrogen and oxygen atoms in total. The van der Waals surface area contributed by atoms with Gasteiger partial charge in [-0.3, -0.25) is 9.78 Å². The highest BCUT2D eigenvalue weighted by atomic mass is 35.5. The van der Waals surface area contributed by atoms with E-state index in [2.05, 4.69) is 15.1 Å². The molecule has 52 heavy (non-hydrogen) atoms. The number of aromatic nitrogens is 2. The van der Waals surface area contributed by atoms with Crippen LogP contribution in [-0.2, 0) is 0 Å². The lowest BCUT2D eigenvalue weighted by Gasteiger charge is -2.18. The van der Waals surface area contributed by atoms with E-state index in [9.17, 15) is 20.2 Å². The number of hydrogen-bond acceptors (Lipinski definition) is 8. The number of methoxy groups -OCH3 is 1. The molecule has 0 atom stereocenters. The fourth-order valence-electron chi connectivity index (χ4n) is 5.64. The van der Waals surface area contributed by atoms with E-state index in [1.54, 1.807) is 60.8 Å². The van der Waals surface area contributed by atoms with Crippen LogP contribution in [0.2, 0.25) is 15.1 Å². The summed E-state index contributed by atoms with van der Waals surface area (Å²) in [6.45, 7) is 3.86. The maximum absolute atomic E-state index is 12.1. The third kappa shape index (κ3) is 8.21. The third-order valence-electron chi connectivity index (χ3n) is 7.99. The number of primary amides is 1. The number of benzene rings is 4. The second-order valence-electron chi connectivity index (χ2n) is 11.6. The number of carbonyl (C=O) groups excluding carboxylic acids is 1. The average Bonchev–Trinajstić information content (AvgIpc) is 3.12. The fourth-order valence-corrected chi connectivity index (χ4v) is 6.24. The summed E-state index contributed by atoms with van der Waals surface area (Å²) in [6, 6.07) is 23.6. The first-order valence-corrected chi connectivity index (χ1v) is 16.6. The van der Waals surface area contributed by atoms with Crippen molar-refractivity contribution in [1.29, 1.82) is 0 Å². The van der Waals surface area contributed by atoms with E-state index >= 15 is 0 Å². The van der Waals surface area contributed by atoms with Gasteiger partial charge < -0.3 is 31.6 Å². The topological polar surface area (TPSA) is 177 Å². The van der Waals surface area contributed by atoms with Crippen molar-refractivity contribution in [3.8, 4) is 61.9 Å². The van der Waals surface area contributed by atoms with Crippen LogP contribution in [0.5, 0.6) is 17.4 Å². The second kappa shape index (κ2) is 16.0. The zero-order valence-electron chi connectivity index (χ0n) is 28.0. The number of oxime groups is 1. The van der Waals surface area contributed by atoms with Crippen LogP contribution < -0.4 is 16.2 Å². The number of carbonyl (C=O) groups is 1. The van der Waals surface area contributed by atoms with Crippen molar-refractivity contribution < 1.29 is 25.0 Å². The largest absolute Gasteiger partial charge is 0.508 e. The Morgan fingerprint density at radius 1 is 0.673 bits per heavy atom. The lowest BCUT2D eigenvalue weighted by molar-refractivity contribution is 0.100. The summed E-state index contributed by atoms with van der Waals surface area (Å²) in [4.78, 5) is 20.7. The number of nitrogens with two attached hydrogens (primary N) is 2. The first-order valence-electron chi connectivity index (χ1n) is 15.5. The number of ether oxygens (including phenoxy) is 1. The molecule has 0 aliphatic rings. The lowest BCUT2D eigenvalue weighted by atomic mass is 9.89. The third-order valence-corrected chi connectivity index (χ3v) is 8.63. The molecule has 4 aromatic carbocycles. The number of amides is 1. The molecular formula is C39H32Cl3N5O5. The Bertz CT molecular complexity index is 2320. The highest BCUT2D eigenvalue weighted by Gasteiger charge is 2.22. The van der Waals surface area contributed by atoms with Gasteiger partial charge in [0.25, 0.3) is 0 Å². The number of amidine groups is 1. The number of phenols is 2. The van der Waals surface area contributed by atoms with Crippen LogP contribution in [0, 0.1) is 13.8 Å². The van der Waals surface area contributed by atoms with Crippen LogP contribution in [0.15, 0.2) is 102 Å². The van der Waals surface area contributed by atoms with E-state index in [-0.39, 0.29) is 22.9 Å². The minimum atomic E-state index is -0.649. The fraction of sp³-hybridized carbons (Fsp3) is 0.0769. The summed E-state index contributed by atoms with van der Waals surface area (Å²) in [5, 5.41) is 32.7. The van der Waals surface area contributed by atoms with Gasteiger partial charge in [-0.2, -0.15) is 0 Å². The predicted octanol–water partition coefficient (Wildman–Crippen LogP) is 9.02. The van der Waals surface area contributed by atoms with Gasteiger partial charge in [0.05, 0.1) is 12.1 Å². The minimum absolute atomic E-state index is 0.0385. The van der Waals surface area contributed by atoms with Gasteiger partial charge in [0.2, 0.25) is 11.8 Å². The van der Waals surface area contributed by atoms with E-state index in [1.807, 2.05) is 26.0 Å². The van der Waals surface area contributed by atoms with Crippen molar-refractivity contribution in [3.05, 3.63) is 135 Å². The van der Waals surface area contributed by atoms with E-state index < -0.39 is 5.91 Å². The molecule has 0 saturated heterocycles. The molecule has 0 aliphatic carbocycles. The molecule has 0 spiro atoms. The highest BCUT2D eigenvalue weighted by Crippen LogP contribution is 2.42. The molecule has 0 saturated carbocycles. The van der Waals surface area contributed by atoms with Gasteiger partial charge >= 0.3 is 0 Å². The van der Waals surface area contributed by atoms with Gasteiger partial charge in [-0.1, -0.05) is 64.2 Å². The standard InChI is InChI=1S/C20H18ClN3O2.C19H14Cl2N2O3/c1-11-7-16(12(2)23-10-11)19-17(13-3-5-15(25)6-4-13)8-14(21)9-18(19)20(22)24-26;1-26-19-16(8-12(21)9-23-19)17-14(10-2-4-13(24)5-3-10)6-11(20)7-15(17)18(22)25/h3-10,25-26H,1-2H3,(H2,22,24);2-9,24H,1H3,(H2,22,25). The second-order valence-corrected chi connectivity index (χ2v) is 12.9. The zero-order valence-corrected chi connectivity index (χ0v) is 30.3. The van der Waals surface area contributed by atoms with Gasteiger partial charge in [-0.05, 0) is 102 Å². The molecule has 0 radical (unpaired) electrons. The maximum Gasteiger partial charge on any atom is 0.249 e. The Balaban J connectivity index is 0.000000201. The maximum atomic E-state index is 12.1. The van der Waals surface area contributed by atoms with Crippen LogP contribution in [0.25, 0.3) is 44.5 Å². The summed E-state index contributed by atoms with van der Waals surface area (Å²) in [6.07, 6.45) is 3.24. The zero-order chi connectivity index (χ0) is 37.7. The monoisotopic (exact) mass is 755 g/mol. The Kier molecular flexibility index (Phi) is 11.5. The van der Waals surface area contributed by atoms with Crippen LogP contribution in [0.3, 0.4) is 0 Å². The molecule has 2 aromatic heterocycles. The Labute approximate surface area is 314 Å². The van der Waals surface area contributed by atoms with Crippen molar-refractivity contribution in [1.82, 2.24) is 9.97 Å². The SMILES string of the molecule is COc1ncc(Cl)cc1-c1c(C(N)=O)cc(Cl)cc1-c1ccc(O)cc1.Cc1cnc(C)c(-c2c(C(N)=NO)cc(Cl)cc2-c2ccc(O)cc2)c1. The first-order chi connectivity index (χ1) is 24.8. The van der Waals surface area contributed by atoms with Gasteiger partial charge in [0.15, 0.2) is 5.84 Å². The van der Waals surface area contributed by atoms with Crippen LogP contribution in [0.4, 0.5) is 0 Å². The summed E-state index contributed by atoms with van der Waals surface area (Å²) in [7, 11) is 1.47. The normalized spacial score (nSPS) is 11.1. The average molecular weight is 757 g/mol.